The molecule has 0 bridgehead atoms. The Labute approximate surface area is 185 Å². The second-order valence-corrected chi connectivity index (χ2v) is 8.71. The van der Waals surface area contributed by atoms with E-state index in [1.54, 1.807) is 30.5 Å². The number of aromatic nitrogens is 2. The Bertz CT molecular complexity index is 1350. The van der Waals surface area contributed by atoms with Gasteiger partial charge in [0.15, 0.2) is 5.69 Å². The molecule has 4 aromatic rings. The Morgan fingerprint density at radius 2 is 1.84 bits per heavy atom. The molecule has 0 radical (unpaired) electrons. The molecule has 7 nitrogen and oxygen atoms in total. The molecule has 1 N–H and O–H groups in total. The van der Waals surface area contributed by atoms with Crippen molar-refractivity contribution >= 4 is 50.3 Å². The SMILES string of the molecule is CCOC(=O)c1nn(-c2ccc(C)cc2)c(=O)c2c(NC(=O)c3cc(C)cs3)scc12. The topological polar surface area (TPSA) is 90.3 Å². The highest BCUT2D eigenvalue weighted by Gasteiger charge is 2.23. The van der Waals surface area contributed by atoms with Gasteiger partial charge in [0.25, 0.3) is 11.5 Å². The van der Waals surface area contributed by atoms with E-state index >= 15 is 0 Å². The largest absolute Gasteiger partial charge is 0.461 e. The smallest absolute Gasteiger partial charge is 0.359 e. The van der Waals surface area contributed by atoms with Crippen LogP contribution in [-0.2, 0) is 4.74 Å². The van der Waals surface area contributed by atoms with Crippen LogP contribution in [0.25, 0.3) is 16.5 Å². The number of hydrogen-bond acceptors (Lipinski definition) is 7. The third-order valence-corrected chi connectivity index (χ3v) is 6.52. The molecule has 1 amide bonds. The van der Waals surface area contributed by atoms with Crippen LogP contribution in [0.2, 0.25) is 0 Å². The van der Waals surface area contributed by atoms with Gasteiger partial charge in [0.1, 0.15) is 5.00 Å². The minimum absolute atomic E-state index is 0.0285. The number of hydrogen-bond donors (Lipinski definition) is 1. The van der Waals surface area contributed by atoms with Gasteiger partial charge in [0, 0.05) is 10.8 Å². The normalized spacial score (nSPS) is 10.9. The Morgan fingerprint density at radius 3 is 2.48 bits per heavy atom. The number of rotatable bonds is 5. The zero-order valence-corrected chi connectivity index (χ0v) is 18.7. The number of carbonyl (C=O) groups excluding carboxylic acids is 2. The Morgan fingerprint density at radius 1 is 1.10 bits per heavy atom. The minimum Gasteiger partial charge on any atom is -0.461 e. The van der Waals surface area contributed by atoms with Gasteiger partial charge < -0.3 is 10.1 Å². The molecule has 3 heterocycles. The number of carbonyl (C=O) groups is 2. The predicted octanol–water partition coefficient (Wildman–Crippen LogP) is 4.55. The van der Waals surface area contributed by atoms with Crippen molar-refractivity contribution in [2.75, 3.05) is 11.9 Å². The van der Waals surface area contributed by atoms with E-state index in [1.807, 2.05) is 31.4 Å². The summed E-state index contributed by atoms with van der Waals surface area (Å²) in [7, 11) is 0. The maximum atomic E-state index is 13.4. The molecule has 0 aliphatic rings. The molecule has 0 fully saturated rings. The zero-order chi connectivity index (χ0) is 22.1. The van der Waals surface area contributed by atoms with Crippen LogP contribution >= 0.6 is 22.7 Å². The first-order valence-corrected chi connectivity index (χ1v) is 11.3. The number of nitrogens with zero attached hydrogens (tertiary/aromatic N) is 2. The molecule has 0 atom stereocenters. The van der Waals surface area contributed by atoms with Crippen molar-refractivity contribution in [3.05, 3.63) is 73.1 Å². The monoisotopic (exact) mass is 453 g/mol. The Kier molecular flexibility index (Phi) is 5.71. The molecule has 9 heteroatoms. The molecule has 1 aromatic carbocycles. The first kappa shape index (κ1) is 21.0. The molecule has 4 rings (SSSR count). The standard InChI is InChI=1S/C22H19N3O4S2/c1-4-29-22(28)18-15-11-31-20(23-19(26)16-9-13(3)10-30-16)17(15)21(27)25(24-18)14-7-5-12(2)6-8-14/h5-11H,4H2,1-3H3,(H,23,26). The molecule has 3 aromatic heterocycles. The van der Waals surface area contributed by atoms with Crippen molar-refractivity contribution in [2.45, 2.75) is 20.8 Å². The lowest BCUT2D eigenvalue weighted by atomic mass is 10.2. The summed E-state index contributed by atoms with van der Waals surface area (Å²) in [6.45, 7) is 5.72. The van der Waals surface area contributed by atoms with E-state index in [-0.39, 0.29) is 23.6 Å². The van der Waals surface area contributed by atoms with E-state index in [0.717, 1.165) is 11.1 Å². The Balaban J connectivity index is 1.89. The molecular formula is C22H19N3O4S2. The molecule has 31 heavy (non-hydrogen) atoms. The number of thiophene rings is 2. The van der Waals surface area contributed by atoms with Crippen LogP contribution in [0, 0.1) is 13.8 Å². The molecule has 158 valence electrons. The fourth-order valence-corrected chi connectivity index (χ4v) is 4.79. The first-order chi connectivity index (χ1) is 14.9. The summed E-state index contributed by atoms with van der Waals surface area (Å²) in [6, 6.07) is 9.00. The number of ether oxygens (including phenoxy) is 1. The van der Waals surface area contributed by atoms with Gasteiger partial charge in [-0.05, 0) is 49.9 Å². The van der Waals surface area contributed by atoms with E-state index < -0.39 is 11.5 Å². The first-order valence-electron chi connectivity index (χ1n) is 9.54. The number of aryl methyl sites for hydroxylation is 2. The van der Waals surface area contributed by atoms with Gasteiger partial charge in [-0.1, -0.05) is 17.7 Å². The van der Waals surface area contributed by atoms with Crippen LogP contribution in [-0.4, -0.2) is 28.3 Å². The van der Waals surface area contributed by atoms with Crippen LogP contribution < -0.4 is 10.9 Å². The second-order valence-electron chi connectivity index (χ2n) is 6.92. The third kappa shape index (κ3) is 4.01. The minimum atomic E-state index is -0.627. The van der Waals surface area contributed by atoms with Gasteiger partial charge in [-0.15, -0.1) is 22.7 Å². The number of fused-ring (bicyclic) bond motifs is 1. The van der Waals surface area contributed by atoms with E-state index in [0.29, 0.717) is 21.0 Å². The quantitative estimate of drug-likeness (QED) is 0.448. The Hall–Kier alpha value is -3.30. The fourth-order valence-electron chi connectivity index (χ4n) is 3.07. The number of esters is 1. The average Bonchev–Trinajstić information content (AvgIpc) is 3.36. The van der Waals surface area contributed by atoms with E-state index in [9.17, 15) is 14.4 Å². The van der Waals surface area contributed by atoms with Crippen LogP contribution in [0.3, 0.4) is 0 Å². The lowest BCUT2D eigenvalue weighted by molar-refractivity contribution is 0.0520. The highest BCUT2D eigenvalue weighted by Crippen LogP contribution is 2.31. The van der Waals surface area contributed by atoms with Gasteiger partial charge in [0.05, 0.1) is 22.6 Å². The number of benzene rings is 1. The summed E-state index contributed by atoms with van der Waals surface area (Å²) in [5, 5.41) is 11.6. The summed E-state index contributed by atoms with van der Waals surface area (Å²) in [4.78, 5) is 39.2. The van der Waals surface area contributed by atoms with Crippen molar-refractivity contribution in [1.29, 1.82) is 0 Å². The lowest BCUT2D eigenvalue weighted by Crippen LogP contribution is -2.25. The summed E-state index contributed by atoms with van der Waals surface area (Å²) < 4.78 is 6.32. The van der Waals surface area contributed by atoms with Crippen molar-refractivity contribution in [3.63, 3.8) is 0 Å². The van der Waals surface area contributed by atoms with Crippen molar-refractivity contribution in [3.8, 4) is 5.69 Å². The zero-order valence-electron chi connectivity index (χ0n) is 17.1. The van der Waals surface area contributed by atoms with Crippen molar-refractivity contribution < 1.29 is 14.3 Å². The molecule has 0 aliphatic heterocycles. The molecule has 0 saturated carbocycles. The van der Waals surface area contributed by atoms with Gasteiger partial charge in [-0.2, -0.15) is 9.78 Å². The molecule has 0 unspecified atom stereocenters. The molecule has 0 aliphatic carbocycles. The maximum absolute atomic E-state index is 13.4. The third-order valence-electron chi connectivity index (χ3n) is 4.58. The van der Waals surface area contributed by atoms with Gasteiger partial charge in [-0.25, -0.2) is 4.79 Å². The number of anilines is 1. The van der Waals surface area contributed by atoms with Gasteiger partial charge >= 0.3 is 5.97 Å². The van der Waals surface area contributed by atoms with Crippen molar-refractivity contribution in [2.24, 2.45) is 0 Å². The van der Waals surface area contributed by atoms with E-state index in [2.05, 4.69) is 10.4 Å². The lowest BCUT2D eigenvalue weighted by Gasteiger charge is -2.10. The van der Waals surface area contributed by atoms with Crippen LogP contribution in [0.1, 0.15) is 38.2 Å². The summed E-state index contributed by atoms with van der Waals surface area (Å²) in [5.74, 6) is -0.935. The van der Waals surface area contributed by atoms with Crippen molar-refractivity contribution in [1.82, 2.24) is 9.78 Å². The molecule has 0 spiro atoms. The average molecular weight is 454 g/mol. The number of nitrogens with one attached hydrogen (secondary N) is 1. The summed E-state index contributed by atoms with van der Waals surface area (Å²) in [5.41, 5.74) is 2.13. The summed E-state index contributed by atoms with van der Waals surface area (Å²) >= 11 is 2.50. The van der Waals surface area contributed by atoms with Crippen LogP contribution in [0.5, 0.6) is 0 Å². The highest BCUT2D eigenvalue weighted by molar-refractivity contribution is 7.16. The highest BCUT2D eigenvalue weighted by atomic mass is 32.1. The van der Waals surface area contributed by atoms with E-state index in [1.165, 1.54) is 27.4 Å². The predicted molar refractivity (Wildman–Crippen MR) is 123 cm³/mol. The fraction of sp³-hybridized carbons (Fsp3) is 0.182. The van der Waals surface area contributed by atoms with E-state index in [4.69, 9.17) is 4.74 Å². The van der Waals surface area contributed by atoms with Gasteiger partial charge in [-0.3, -0.25) is 9.59 Å². The van der Waals surface area contributed by atoms with Crippen LogP contribution in [0.15, 0.2) is 45.9 Å². The molecule has 0 saturated heterocycles. The number of amides is 1. The molecular weight excluding hydrogens is 434 g/mol. The second kappa shape index (κ2) is 8.44. The summed E-state index contributed by atoms with van der Waals surface area (Å²) in [6.07, 6.45) is 0. The van der Waals surface area contributed by atoms with Gasteiger partial charge in [0.2, 0.25) is 0 Å². The maximum Gasteiger partial charge on any atom is 0.359 e. The van der Waals surface area contributed by atoms with Crippen LogP contribution in [0.4, 0.5) is 5.00 Å².